The molecule has 0 saturated carbocycles. The van der Waals surface area contributed by atoms with Gasteiger partial charge in [0.05, 0.1) is 0 Å². The second kappa shape index (κ2) is 5.67. The van der Waals surface area contributed by atoms with Crippen molar-refractivity contribution in [1.29, 1.82) is 0 Å². The molecule has 8 heteroatoms. The molecular weight excluding hydrogens is 263 g/mol. The van der Waals surface area contributed by atoms with Gasteiger partial charge >= 0.3 is 6.18 Å². The van der Waals surface area contributed by atoms with Gasteiger partial charge in [0.1, 0.15) is 0 Å². The highest BCUT2D eigenvalue weighted by Gasteiger charge is 2.35. The minimum absolute atomic E-state index is 0.0713. The maximum atomic E-state index is 12.2. The molecule has 0 aliphatic carbocycles. The van der Waals surface area contributed by atoms with E-state index >= 15 is 0 Å². The SMILES string of the molecule is CC(Cl)CCCNc1nnc(C(F)(F)F)s1. The van der Waals surface area contributed by atoms with Crippen LogP contribution in [0.15, 0.2) is 0 Å². The van der Waals surface area contributed by atoms with E-state index in [0.717, 1.165) is 12.8 Å². The van der Waals surface area contributed by atoms with Crippen LogP contribution < -0.4 is 5.32 Å². The molecule has 1 heterocycles. The number of hydrogen-bond donors (Lipinski definition) is 1. The van der Waals surface area contributed by atoms with Crippen LogP contribution in [-0.4, -0.2) is 22.1 Å². The molecule has 0 spiro atoms. The Kier molecular flexibility index (Phi) is 4.79. The molecule has 0 amide bonds. The molecule has 1 unspecified atom stereocenters. The molecule has 0 aromatic carbocycles. The summed E-state index contributed by atoms with van der Waals surface area (Å²) in [6, 6.07) is 0. The standard InChI is InChI=1S/C8H11ClF3N3S/c1-5(9)3-2-4-13-7-15-14-6(16-7)8(10,11)12/h5H,2-4H2,1H3,(H,13,15). The van der Waals surface area contributed by atoms with Crippen molar-refractivity contribution < 1.29 is 13.2 Å². The zero-order valence-electron chi connectivity index (χ0n) is 8.51. The fourth-order valence-corrected chi connectivity index (χ4v) is 1.78. The summed E-state index contributed by atoms with van der Waals surface area (Å²) in [4.78, 5) is 0. The van der Waals surface area contributed by atoms with Crippen LogP contribution in [0.2, 0.25) is 0 Å². The summed E-state index contributed by atoms with van der Waals surface area (Å²) >= 11 is 6.23. The lowest BCUT2D eigenvalue weighted by molar-refractivity contribution is -0.138. The Hall–Kier alpha value is -0.560. The van der Waals surface area contributed by atoms with Gasteiger partial charge in [-0.2, -0.15) is 13.2 Å². The van der Waals surface area contributed by atoms with Gasteiger partial charge in [-0.25, -0.2) is 0 Å². The van der Waals surface area contributed by atoms with Crippen molar-refractivity contribution in [2.45, 2.75) is 31.3 Å². The van der Waals surface area contributed by atoms with Crippen LogP contribution >= 0.6 is 22.9 Å². The molecule has 16 heavy (non-hydrogen) atoms. The van der Waals surface area contributed by atoms with Gasteiger partial charge in [-0.15, -0.1) is 21.8 Å². The van der Waals surface area contributed by atoms with Crippen molar-refractivity contribution in [2.24, 2.45) is 0 Å². The number of nitrogens with one attached hydrogen (secondary N) is 1. The monoisotopic (exact) mass is 273 g/mol. The number of rotatable bonds is 5. The molecule has 1 rings (SSSR count). The number of nitrogens with zero attached hydrogens (tertiary/aromatic N) is 2. The fourth-order valence-electron chi connectivity index (χ4n) is 0.988. The van der Waals surface area contributed by atoms with Crippen molar-refractivity contribution >= 4 is 28.1 Å². The molecule has 1 atom stereocenters. The van der Waals surface area contributed by atoms with Crippen molar-refractivity contribution in [1.82, 2.24) is 10.2 Å². The Labute approximate surface area is 100 Å². The summed E-state index contributed by atoms with van der Waals surface area (Å²) in [7, 11) is 0. The van der Waals surface area contributed by atoms with Crippen molar-refractivity contribution in [2.75, 3.05) is 11.9 Å². The average Bonchev–Trinajstić information content (AvgIpc) is 2.59. The highest BCUT2D eigenvalue weighted by Crippen LogP contribution is 2.32. The Bertz CT molecular complexity index is 327. The number of hydrogen-bond acceptors (Lipinski definition) is 4. The Morgan fingerprint density at radius 3 is 2.62 bits per heavy atom. The van der Waals surface area contributed by atoms with Crippen LogP contribution in [0.25, 0.3) is 0 Å². The summed E-state index contributed by atoms with van der Waals surface area (Å²) in [5.41, 5.74) is 0. The molecule has 0 radical (unpaired) electrons. The first-order valence-electron chi connectivity index (χ1n) is 4.68. The van der Waals surface area contributed by atoms with Crippen LogP contribution in [-0.2, 0) is 6.18 Å². The first-order valence-corrected chi connectivity index (χ1v) is 5.93. The second-order valence-electron chi connectivity index (χ2n) is 3.26. The van der Waals surface area contributed by atoms with Gasteiger partial charge in [-0.1, -0.05) is 11.3 Å². The van der Waals surface area contributed by atoms with Gasteiger partial charge in [-0.3, -0.25) is 0 Å². The minimum Gasteiger partial charge on any atom is -0.360 e. The lowest BCUT2D eigenvalue weighted by Gasteiger charge is -2.03. The molecule has 0 fully saturated rings. The van der Waals surface area contributed by atoms with Gasteiger partial charge in [0, 0.05) is 11.9 Å². The van der Waals surface area contributed by atoms with Crippen LogP contribution in [0, 0.1) is 0 Å². The number of alkyl halides is 4. The van der Waals surface area contributed by atoms with E-state index in [2.05, 4.69) is 15.5 Å². The van der Waals surface area contributed by atoms with E-state index in [1.165, 1.54) is 0 Å². The molecule has 92 valence electrons. The van der Waals surface area contributed by atoms with Crippen LogP contribution in [0.4, 0.5) is 18.3 Å². The van der Waals surface area contributed by atoms with E-state index in [-0.39, 0.29) is 10.5 Å². The molecule has 3 nitrogen and oxygen atoms in total. The van der Waals surface area contributed by atoms with Gasteiger partial charge in [-0.05, 0) is 19.8 Å². The van der Waals surface area contributed by atoms with E-state index in [1.54, 1.807) is 0 Å². The van der Waals surface area contributed by atoms with Crippen molar-refractivity contribution in [3.05, 3.63) is 5.01 Å². The number of halogens is 4. The zero-order chi connectivity index (χ0) is 12.2. The molecule has 0 aliphatic heterocycles. The predicted molar refractivity (Wildman–Crippen MR) is 57.9 cm³/mol. The third-order valence-corrected chi connectivity index (χ3v) is 2.87. The average molecular weight is 274 g/mol. The second-order valence-corrected chi connectivity index (χ2v) is 4.98. The lowest BCUT2D eigenvalue weighted by atomic mass is 10.2. The first kappa shape index (κ1) is 13.5. The smallest absolute Gasteiger partial charge is 0.360 e. The van der Waals surface area contributed by atoms with Gasteiger partial charge in [0.15, 0.2) is 0 Å². The van der Waals surface area contributed by atoms with Gasteiger partial charge in [0.25, 0.3) is 0 Å². The molecule has 1 aromatic heterocycles. The van der Waals surface area contributed by atoms with E-state index < -0.39 is 11.2 Å². The van der Waals surface area contributed by atoms with Gasteiger partial charge < -0.3 is 5.32 Å². The largest absolute Gasteiger partial charge is 0.445 e. The number of aromatic nitrogens is 2. The summed E-state index contributed by atoms with van der Waals surface area (Å²) < 4.78 is 36.5. The van der Waals surface area contributed by atoms with Crippen LogP contribution in [0.5, 0.6) is 0 Å². The Morgan fingerprint density at radius 2 is 2.12 bits per heavy atom. The topological polar surface area (TPSA) is 37.8 Å². The predicted octanol–water partition coefficient (Wildman–Crippen LogP) is 3.38. The summed E-state index contributed by atoms with van der Waals surface area (Å²) in [6.45, 7) is 2.41. The van der Waals surface area contributed by atoms with E-state index in [1.807, 2.05) is 6.92 Å². The molecular formula is C8H11ClF3N3S. The number of anilines is 1. The van der Waals surface area contributed by atoms with Crippen LogP contribution in [0.1, 0.15) is 24.8 Å². The fraction of sp³-hybridized carbons (Fsp3) is 0.750. The zero-order valence-corrected chi connectivity index (χ0v) is 10.1. The van der Waals surface area contributed by atoms with E-state index in [4.69, 9.17) is 11.6 Å². The molecule has 1 N–H and O–H groups in total. The molecule has 0 aliphatic rings. The summed E-state index contributed by atoms with van der Waals surface area (Å²) in [6.07, 6.45) is -2.83. The maximum absolute atomic E-state index is 12.2. The molecule has 0 bridgehead atoms. The van der Waals surface area contributed by atoms with E-state index in [9.17, 15) is 13.2 Å². The molecule has 1 aromatic rings. The normalized spacial score (nSPS) is 13.8. The first-order chi connectivity index (χ1) is 7.39. The molecule has 0 saturated heterocycles. The minimum atomic E-state index is -4.41. The maximum Gasteiger partial charge on any atom is 0.445 e. The summed E-state index contributed by atoms with van der Waals surface area (Å²) in [5.74, 6) is 0. The van der Waals surface area contributed by atoms with Crippen LogP contribution in [0.3, 0.4) is 0 Å². The summed E-state index contributed by atoms with van der Waals surface area (Å²) in [5, 5.41) is 8.57. The Balaban J connectivity index is 2.36. The van der Waals surface area contributed by atoms with Crippen molar-refractivity contribution in [3.63, 3.8) is 0 Å². The van der Waals surface area contributed by atoms with E-state index in [0.29, 0.717) is 17.9 Å². The third-order valence-electron chi connectivity index (χ3n) is 1.72. The Morgan fingerprint density at radius 1 is 1.44 bits per heavy atom. The quantitative estimate of drug-likeness (QED) is 0.660. The third kappa shape index (κ3) is 4.52. The highest BCUT2D eigenvalue weighted by molar-refractivity contribution is 7.15. The lowest BCUT2D eigenvalue weighted by Crippen LogP contribution is -2.03. The van der Waals surface area contributed by atoms with Gasteiger partial charge in [0.2, 0.25) is 10.1 Å². The van der Waals surface area contributed by atoms with Crippen molar-refractivity contribution in [3.8, 4) is 0 Å². The highest BCUT2D eigenvalue weighted by atomic mass is 35.5.